The number of hydrogen-bond acceptors (Lipinski definition) is 3. The van der Waals surface area contributed by atoms with Gasteiger partial charge in [0, 0.05) is 43.9 Å². The van der Waals surface area contributed by atoms with Gasteiger partial charge in [-0.2, -0.15) is 0 Å². The molecule has 0 bridgehead atoms. The van der Waals surface area contributed by atoms with Crippen LogP contribution in [0.15, 0.2) is 217 Å². The Kier molecular flexibility index (Phi) is 7.57. The standard InChI is InChI=1S/C58H35N3O/c1-2-14-36(15-3-1)58-59-52(38-27-29-57-51(34-38)49-22-10-13-25-56(49)62-57)35-53(60-58)40-30-39(31-41(32-40)61-54-23-11-8-20-47(54)48-21-9-12-24-55(48)61)37-26-28-46-44-18-5-4-16-42(44)43-17-6-7-19-45(43)50(46)33-37/h1-35H. The highest BCUT2D eigenvalue weighted by Crippen LogP contribution is 2.41. The van der Waals surface area contributed by atoms with E-state index in [-0.39, 0.29) is 0 Å². The summed E-state index contributed by atoms with van der Waals surface area (Å²) in [6.45, 7) is 0. The van der Waals surface area contributed by atoms with E-state index in [1.165, 1.54) is 43.1 Å². The predicted octanol–water partition coefficient (Wildman–Crippen LogP) is 15.6. The van der Waals surface area contributed by atoms with E-state index in [4.69, 9.17) is 14.4 Å². The summed E-state index contributed by atoms with van der Waals surface area (Å²) < 4.78 is 8.63. The molecule has 13 rings (SSSR count). The monoisotopic (exact) mass is 789 g/mol. The third-order valence-electron chi connectivity index (χ3n) is 12.6. The molecule has 3 aromatic heterocycles. The van der Waals surface area contributed by atoms with Gasteiger partial charge in [0.25, 0.3) is 0 Å². The third-order valence-corrected chi connectivity index (χ3v) is 12.6. The molecule has 10 aromatic carbocycles. The second-order valence-corrected chi connectivity index (χ2v) is 16.1. The molecule has 0 amide bonds. The Labute approximate surface area is 356 Å². The summed E-state index contributed by atoms with van der Waals surface area (Å²) in [5.74, 6) is 0.670. The van der Waals surface area contributed by atoms with E-state index in [0.29, 0.717) is 5.82 Å². The number of aromatic nitrogens is 3. The largest absolute Gasteiger partial charge is 0.456 e. The van der Waals surface area contributed by atoms with Crippen LogP contribution in [-0.2, 0) is 0 Å². The van der Waals surface area contributed by atoms with Crippen LogP contribution in [0.1, 0.15) is 0 Å². The molecule has 0 fully saturated rings. The molecule has 0 N–H and O–H groups in total. The molecule has 62 heavy (non-hydrogen) atoms. The lowest BCUT2D eigenvalue weighted by Gasteiger charge is -2.16. The highest BCUT2D eigenvalue weighted by Gasteiger charge is 2.18. The van der Waals surface area contributed by atoms with E-state index in [0.717, 1.165) is 77.9 Å². The third kappa shape index (κ3) is 5.40. The molecule has 0 aliphatic carbocycles. The average molecular weight is 790 g/mol. The summed E-state index contributed by atoms with van der Waals surface area (Å²) >= 11 is 0. The van der Waals surface area contributed by atoms with Crippen molar-refractivity contribution < 1.29 is 4.42 Å². The van der Waals surface area contributed by atoms with Crippen molar-refractivity contribution in [1.82, 2.24) is 14.5 Å². The lowest BCUT2D eigenvalue weighted by atomic mass is 9.91. The molecule has 0 aliphatic rings. The predicted molar refractivity (Wildman–Crippen MR) is 258 cm³/mol. The van der Waals surface area contributed by atoms with Crippen molar-refractivity contribution in [2.24, 2.45) is 0 Å². The smallest absolute Gasteiger partial charge is 0.160 e. The zero-order valence-electron chi connectivity index (χ0n) is 33.5. The van der Waals surface area contributed by atoms with Crippen LogP contribution in [0, 0.1) is 0 Å². The second kappa shape index (κ2) is 13.6. The highest BCUT2D eigenvalue weighted by molar-refractivity contribution is 6.25. The van der Waals surface area contributed by atoms with Gasteiger partial charge in [-0.15, -0.1) is 0 Å². The molecule has 13 aromatic rings. The number of furan rings is 1. The lowest BCUT2D eigenvalue weighted by Crippen LogP contribution is -1.99. The van der Waals surface area contributed by atoms with Crippen molar-refractivity contribution in [1.29, 1.82) is 0 Å². The Morgan fingerprint density at radius 1 is 0.290 bits per heavy atom. The fourth-order valence-corrected chi connectivity index (χ4v) is 9.69. The van der Waals surface area contributed by atoms with Gasteiger partial charge in [-0.05, 0) is 110 Å². The Morgan fingerprint density at radius 2 is 0.790 bits per heavy atom. The summed E-state index contributed by atoms with van der Waals surface area (Å²) in [6, 6.07) is 75.8. The molecule has 4 nitrogen and oxygen atoms in total. The molecular weight excluding hydrogens is 755 g/mol. The van der Waals surface area contributed by atoms with E-state index in [1.807, 2.05) is 30.3 Å². The molecule has 0 unspecified atom stereocenters. The number of fused-ring (bicyclic) bond motifs is 12. The molecule has 288 valence electrons. The van der Waals surface area contributed by atoms with Crippen LogP contribution in [-0.4, -0.2) is 14.5 Å². The van der Waals surface area contributed by atoms with Crippen molar-refractivity contribution >= 4 is 76.1 Å². The lowest BCUT2D eigenvalue weighted by molar-refractivity contribution is 0.669. The van der Waals surface area contributed by atoms with E-state index in [1.54, 1.807) is 0 Å². The zero-order chi connectivity index (χ0) is 40.7. The molecule has 0 spiro atoms. The second-order valence-electron chi connectivity index (χ2n) is 16.1. The van der Waals surface area contributed by atoms with E-state index >= 15 is 0 Å². The van der Waals surface area contributed by atoms with Crippen LogP contribution in [0.25, 0.3) is 127 Å². The number of nitrogens with zero attached hydrogens (tertiary/aromatic N) is 3. The fraction of sp³-hybridized carbons (Fsp3) is 0. The Bertz CT molecular complexity index is 3840. The van der Waals surface area contributed by atoms with Gasteiger partial charge in [0.1, 0.15) is 11.2 Å². The van der Waals surface area contributed by atoms with Crippen LogP contribution in [0.3, 0.4) is 0 Å². The molecular formula is C58H35N3O. The van der Waals surface area contributed by atoms with Crippen molar-refractivity contribution in [2.45, 2.75) is 0 Å². The zero-order valence-corrected chi connectivity index (χ0v) is 33.5. The first-order valence-electron chi connectivity index (χ1n) is 21.1. The quantitative estimate of drug-likeness (QED) is 0.163. The number of para-hydroxylation sites is 3. The van der Waals surface area contributed by atoms with Gasteiger partial charge in [-0.3, -0.25) is 0 Å². The molecule has 0 aliphatic heterocycles. The molecule has 0 saturated carbocycles. The summed E-state index contributed by atoms with van der Waals surface area (Å²) in [7, 11) is 0. The van der Waals surface area contributed by atoms with Crippen LogP contribution in [0.4, 0.5) is 0 Å². The maximum absolute atomic E-state index is 6.23. The van der Waals surface area contributed by atoms with Gasteiger partial charge in [0.15, 0.2) is 5.82 Å². The number of rotatable bonds is 5. The van der Waals surface area contributed by atoms with Crippen LogP contribution < -0.4 is 0 Å². The van der Waals surface area contributed by atoms with Gasteiger partial charge >= 0.3 is 0 Å². The van der Waals surface area contributed by atoms with Crippen molar-refractivity contribution in [3.05, 3.63) is 212 Å². The summed E-state index contributed by atoms with van der Waals surface area (Å²) in [4.78, 5) is 10.6. The molecule has 4 heteroatoms. The minimum atomic E-state index is 0.670. The summed E-state index contributed by atoms with van der Waals surface area (Å²) in [5, 5.41) is 12.1. The Balaban J connectivity index is 1.09. The topological polar surface area (TPSA) is 43.9 Å². The first-order valence-corrected chi connectivity index (χ1v) is 21.1. The summed E-state index contributed by atoms with van der Waals surface area (Å²) in [6.07, 6.45) is 0. The molecule has 0 atom stereocenters. The molecule has 0 radical (unpaired) electrons. The van der Waals surface area contributed by atoms with Gasteiger partial charge in [-0.25, -0.2) is 9.97 Å². The van der Waals surface area contributed by atoms with Gasteiger partial charge in [-0.1, -0.05) is 146 Å². The van der Waals surface area contributed by atoms with Crippen molar-refractivity contribution in [3.8, 4) is 50.7 Å². The molecule has 0 saturated heterocycles. The van der Waals surface area contributed by atoms with Crippen LogP contribution in [0.5, 0.6) is 0 Å². The minimum absolute atomic E-state index is 0.670. The first kappa shape index (κ1) is 34.5. The molecule has 3 heterocycles. The van der Waals surface area contributed by atoms with Gasteiger partial charge < -0.3 is 8.98 Å². The number of benzene rings is 10. The van der Waals surface area contributed by atoms with Gasteiger partial charge in [0.05, 0.1) is 22.4 Å². The highest BCUT2D eigenvalue weighted by atomic mass is 16.3. The Hall–Kier alpha value is -8.34. The Morgan fingerprint density at radius 3 is 1.48 bits per heavy atom. The SMILES string of the molecule is c1ccc(-c2nc(-c3cc(-c4ccc5c6ccccc6c6ccccc6c5c4)cc(-n4c5ccccc5c5ccccc54)c3)cc(-c3ccc4oc5ccccc5c4c3)n2)cc1. The van der Waals surface area contributed by atoms with E-state index in [9.17, 15) is 0 Å². The van der Waals surface area contributed by atoms with Crippen molar-refractivity contribution in [3.63, 3.8) is 0 Å². The van der Waals surface area contributed by atoms with E-state index < -0.39 is 0 Å². The normalized spacial score (nSPS) is 11.9. The number of hydrogen-bond donors (Lipinski definition) is 0. The minimum Gasteiger partial charge on any atom is -0.456 e. The summed E-state index contributed by atoms with van der Waals surface area (Å²) in [5.41, 5.74) is 12.0. The maximum Gasteiger partial charge on any atom is 0.160 e. The van der Waals surface area contributed by atoms with Crippen LogP contribution in [0.2, 0.25) is 0 Å². The maximum atomic E-state index is 6.23. The van der Waals surface area contributed by atoms with Crippen molar-refractivity contribution in [2.75, 3.05) is 0 Å². The van der Waals surface area contributed by atoms with E-state index in [2.05, 4.69) is 187 Å². The van der Waals surface area contributed by atoms with Gasteiger partial charge in [0.2, 0.25) is 0 Å². The first-order chi connectivity index (χ1) is 30.7. The fourth-order valence-electron chi connectivity index (χ4n) is 9.69. The average Bonchev–Trinajstić information content (AvgIpc) is 3.89. The van der Waals surface area contributed by atoms with Crippen LogP contribution >= 0.6 is 0 Å².